The van der Waals surface area contributed by atoms with Crippen molar-refractivity contribution in [3.63, 3.8) is 0 Å². The van der Waals surface area contributed by atoms with E-state index in [4.69, 9.17) is 23.7 Å². The van der Waals surface area contributed by atoms with Crippen molar-refractivity contribution in [3.8, 4) is 5.75 Å². The Hall–Kier alpha value is -4.04. The summed E-state index contributed by atoms with van der Waals surface area (Å²) in [5.74, 6) is 0.303. The van der Waals surface area contributed by atoms with Crippen molar-refractivity contribution >= 4 is 12.0 Å². The number of ether oxygens (including phenoxy) is 5. The Balaban J connectivity index is 1.23. The Bertz CT molecular complexity index is 1600. The van der Waals surface area contributed by atoms with Crippen LogP contribution in [0.1, 0.15) is 41.6 Å². The number of nitrogens with one attached hydrogen (secondary N) is 2. The van der Waals surface area contributed by atoms with Crippen molar-refractivity contribution in [2.75, 3.05) is 59.8 Å². The highest BCUT2D eigenvalue weighted by Gasteiger charge is 2.43. The van der Waals surface area contributed by atoms with Crippen LogP contribution < -0.4 is 15.4 Å². The molecule has 3 aliphatic rings. The average molecular weight is 718 g/mol. The van der Waals surface area contributed by atoms with E-state index in [-0.39, 0.29) is 25.4 Å². The first kappa shape index (κ1) is 37.7. The SMILES string of the molecule is CO[C@@H]1COC[C@H]1OC(=O)N[C@@H](Cc1ccccc1)[C@@H](O)C[C@@](C)(C(=O)N[C@H]1c2ccccc2C[C@H]1O)c1ccc(OCCN2CCOCC2)cc1. The van der Waals surface area contributed by atoms with Crippen LogP contribution in [0.5, 0.6) is 5.75 Å². The van der Waals surface area contributed by atoms with Gasteiger partial charge >= 0.3 is 6.09 Å². The van der Waals surface area contributed by atoms with E-state index in [2.05, 4.69) is 15.5 Å². The summed E-state index contributed by atoms with van der Waals surface area (Å²) in [6, 6.07) is 23.1. The molecule has 0 saturated carbocycles. The largest absolute Gasteiger partial charge is 0.492 e. The van der Waals surface area contributed by atoms with Gasteiger partial charge in [0.2, 0.25) is 5.91 Å². The van der Waals surface area contributed by atoms with E-state index in [0.29, 0.717) is 30.9 Å². The van der Waals surface area contributed by atoms with Gasteiger partial charge in [0, 0.05) is 33.2 Å². The van der Waals surface area contributed by atoms with E-state index >= 15 is 0 Å². The molecule has 2 heterocycles. The minimum absolute atomic E-state index is 0.0501. The molecule has 0 unspecified atom stereocenters. The molecule has 0 aromatic heterocycles. The van der Waals surface area contributed by atoms with Crippen molar-refractivity contribution in [2.45, 2.75) is 68.1 Å². The molecule has 7 atom stereocenters. The number of hydrogen-bond donors (Lipinski definition) is 4. The van der Waals surface area contributed by atoms with Gasteiger partial charge in [-0.1, -0.05) is 66.7 Å². The maximum Gasteiger partial charge on any atom is 0.407 e. The van der Waals surface area contributed by atoms with Gasteiger partial charge in [-0.05, 0) is 54.2 Å². The Kier molecular flexibility index (Phi) is 12.8. The lowest BCUT2D eigenvalue weighted by atomic mass is 9.75. The van der Waals surface area contributed by atoms with Crippen LogP contribution in [0, 0.1) is 0 Å². The first-order valence-corrected chi connectivity index (χ1v) is 18.1. The maximum atomic E-state index is 14.5. The smallest absolute Gasteiger partial charge is 0.407 e. The maximum absolute atomic E-state index is 14.5. The molecule has 0 bridgehead atoms. The van der Waals surface area contributed by atoms with Gasteiger partial charge in [0.15, 0.2) is 6.10 Å². The van der Waals surface area contributed by atoms with Crippen molar-refractivity contribution < 1.29 is 43.5 Å². The monoisotopic (exact) mass is 717 g/mol. The lowest BCUT2D eigenvalue weighted by Gasteiger charge is -2.35. The highest BCUT2D eigenvalue weighted by atomic mass is 16.6. The number of amides is 2. The number of morpholine rings is 1. The third-order valence-electron chi connectivity index (χ3n) is 10.5. The zero-order chi connectivity index (χ0) is 36.5. The van der Waals surface area contributed by atoms with Gasteiger partial charge in [-0.15, -0.1) is 0 Å². The number of fused-ring (bicyclic) bond motifs is 1. The summed E-state index contributed by atoms with van der Waals surface area (Å²) in [7, 11) is 1.54. The lowest BCUT2D eigenvalue weighted by molar-refractivity contribution is -0.129. The number of rotatable bonds is 15. The van der Waals surface area contributed by atoms with Gasteiger partial charge in [0.25, 0.3) is 0 Å². The third kappa shape index (κ3) is 9.30. The first-order chi connectivity index (χ1) is 25.2. The molecule has 2 fully saturated rings. The van der Waals surface area contributed by atoms with E-state index in [0.717, 1.165) is 49.5 Å². The van der Waals surface area contributed by atoms with Crippen molar-refractivity contribution in [1.82, 2.24) is 15.5 Å². The predicted molar refractivity (Wildman–Crippen MR) is 193 cm³/mol. The number of nitrogens with zero attached hydrogens (tertiary/aromatic N) is 1. The standard InChI is InChI=1S/C40H51N3O9/c1-40(38(46)42-37-31-11-7-6-10-28(31)23-33(37)44,29-12-14-30(15-13-29)51-21-18-43-16-19-49-20-17-43)24-34(45)32(22-27-8-4-3-5-9-27)41-39(47)52-36-26-50-25-35(36)48-2/h3-15,32-37,44-45H,16-26H2,1-2H3,(H,41,47)(H,42,46)/t32-,33+,34-,35+,36+,37-,40+/m0/s1. The third-order valence-corrected chi connectivity index (χ3v) is 10.5. The van der Waals surface area contributed by atoms with E-state index in [1.165, 1.54) is 7.11 Å². The molecule has 6 rings (SSSR count). The lowest BCUT2D eigenvalue weighted by Crippen LogP contribution is -2.52. The number of aliphatic hydroxyl groups excluding tert-OH is 2. The van der Waals surface area contributed by atoms with E-state index in [1.54, 1.807) is 6.92 Å². The molecule has 3 aromatic rings. The van der Waals surface area contributed by atoms with Crippen LogP contribution in [0.25, 0.3) is 0 Å². The van der Waals surface area contributed by atoms with Gasteiger partial charge in [-0.3, -0.25) is 9.69 Å². The molecule has 280 valence electrons. The average Bonchev–Trinajstić information content (AvgIpc) is 3.74. The van der Waals surface area contributed by atoms with Crippen LogP contribution >= 0.6 is 0 Å². The number of benzene rings is 3. The molecule has 12 heteroatoms. The summed E-state index contributed by atoms with van der Waals surface area (Å²) in [4.78, 5) is 30.1. The van der Waals surface area contributed by atoms with Crippen molar-refractivity contribution in [1.29, 1.82) is 0 Å². The number of carbonyl (C=O) groups excluding carboxylic acids is 2. The molecule has 1 aliphatic carbocycles. The molecule has 2 saturated heterocycles. The topological polar surface area (TPSA) is 148 Å². The van der Waals surface area contributed by atoms with Gasteiger partial charge in [0.1, 0.15) is 18.5 Å². The van der Waals surface area contributed by atoms with Crippen LogP contribution in [0.3, 0.4) is 0 Å². The number of methoxy groups -OCH3 is 1. The van der Waals surface area contributed by atoms with Gasteiger partial charge < -0.3 is 44.5 Å². The second-order valence-electron chi connectivity index (χ2n) is 14.0. The van der Waals surface area contributed by atoms with Crippen LogP contribution in [-0.4, -0.2) is 117 Å². The van der Waals surface area contributed by atoms with Crippen molar-refractivity contribution in [2.24, 2.45) is 0 Å². The summed E-state index contributed by atoms with van der Waals surface area (Å²) in [6.45, 7) is 6.78. The normalized spacial score (nSPS) is 23.9. The second kappa shape index (κ2) is 17.7. The van der Waals surface area contributed by atoms with E-state index < -0.39 is 48.0 Å². The molecule has 52 heavy (non-hydrogen) atoms. The highest BCUT2D eigenvalue weighted by Crippen LogP contribution is 2.36. The molecule has 2 amide bonds. The number of hydrogen-bond acceptors (Lipinski definition) is 10. The number of carbonyl (C=O) groups is 2. The first-order valence-electron chi connectivity index (χ1n) is 18.1. The fourth-order valence-corrected chi connectivity index (χ4v) is 7.31. The zero-order valence-electron chi connectivity index (χ0n) is 29.9. The minimum atomic E-state index is -1.29. The fraction of sp³-hybridized carbons (Fsp3) is 0.500. The Labute approximate surface area is 305 Å². The Morgan fingerprint density at radius 2 is 1.67 bits per heavy atom. The quantitative estimate of drug-likeness (QED) is 0.185. The van der Waals surface area contributed by atoms with Gasteiger partial charge in [0.05, 0.1) is 56.1 Å². The zero-order valence-corrected chi connectivity index (χ0v) is 29.9. The molecule has 0 radical (unpaired) electrons. The van der Waals surface area contributed by atoms with Crippen LogP contribution in [-0.2, 0) is 42.0 Å². The second-order valence-corrected chi connectivity index (χ2v) is 14.0. The Morgan fingerprint density at radius 3 is 2.42 bits per heavy atom. The molecular weight excluding hydrogens is 666 g/mol. The molecule has 12 nitrogen and oxygen atoms in total. The van der Waals surface area contributed by atoms with Gasteiger partial charge in [-0.2, -0.15) is 0 Å². The fourth-order valence-electron chi connectivity index (χ4n) is 7.31. The van der Waals surface area contributed by atoms with Crippen LogP contribution in [0.4, 0.5) is 4.79 Å². The highest BCUT2D eigenvalue weighted by molar-refractivity contribution is 5.88. The number of aliphatic hydroxyl groups is 2. The molecule has 4 N–H and O–H groups in total. The summed E-state index contributed by atoms with van der Waals surface area (Å²) >= 11 is 0. The number of alkyl carbamates (subject to hydrolysis) is 1. The summed E-state index contributed by atoms with van der Waals surface area (Å²) in [5, 5.41) is 29.0. The van der Waals surface area contributed by atoms with E-state index in [9.17, 15) is 19.8 Å². The van der Waals surface area contributed by atoms with Crippen LogP contribution in [0.2, 0.25) is 0 Å². The summed E-state index contributed by atoms with van der Waals surface area (Å²) in [5.41, 5.74) is 2.10. The van der Waals surface area contributed by atoms with Crippen LogP contribution in [0.15, 0.2) is 78.9 Å². The van der Waals surface area contributed by atoms with Gasteiger partial charge in [-0.25, -0.2) is 4.79 Å². The summed E-state index contributed by atoms with van der Waals surface area (Å²) < 4.78 is 28.0. The molecule has 2 aliphatic heterocycles. The minimum Gasteiger partial charge on any atom is -0.492 e. The van der Waals surface area contributed by atoms with Crippen molar-refractivity contribution in [3.05, 3.63) is 101 Å². The predicted octanol–water partition coefficient (Wildman–Crippen LogP) is 2.93. The molecular formula is C40H51N3O9. The van der Waals surface area contributed by atoms with E-state index in [1.807, 2.05) is 78.9 Å². The summed E-state index contributed by atoms with van der Waals surface area (Å²) in [6.07, 6.45) is -3.02. The molecule has 0 spiro atoms. The molecule has 3 aromatic carbocycles. The Morgan fingerprint density at radius 1 is 0.962 bits per heavy atom.